The fourth-order valence-corrected chi connectivity index (χ4v) is 1.10. The maximum absolute atomic E-state index is 10.7. The Morgan fingerprint density at radius 3 is 2.80 bits per heavy atom. The van der Waals surface area contributed by atoms with Gasteiger partial charge in [0.2, 0.25) is 0 Å². The van der Waals surface area contributed by atoms with Gasteiger partial charge in [-0.25, -0.2) is 4.79 Å². The monoisotopic (exact) mass is 202 g/mol. The fourth-order valence-electron chi connectivity index (χ4n) is 1.10. The van der Waals surface area contributed by atoms with Crippen molar-refractivity contribution in [1.29, 1.82) is 5.26 Å². The zero-order chi connectivity index (χ0) is 11.3. The minimum Gasteiger partial charge on any atom is -0.479 e. The van der Waals surface area contributed by atoms with Crippen LogP contribution in [0.3, 0.4) is 0 Å². The van der Waals surface area contributed by atoms with Gasteiger partial charge in [0.05, 0.1) is 11.3 Å². The van der Waals surface area contributed by atoms with Crippen molar-refractivity contribution < 1.29 is 9.90 Å². The summed E-state index contributed by atoms with van der Waals surface area (Å²) in [6.07, 6.45) is 1.27. The van der Waals surface area contributed by atoms with Crippen LogP contribution in [-0.4, -0.2) is 17.1 Å². The topological polar surface area (TPSA) is 73.1 Å². The number of carboxylic acids is 1. The number of nitriles is 1. The zero-order valence-corrected chi connectivity index (χ0v) is 7.97. The smallest absolute Gasteiger partial charge is 0.330 e. The van der Waals surface area contributed by atoms with Crippen LogP contribution in [0.5, 0.6) is 0 Å². The highest BCUT2D eigenvalue weighted by molar-refractivity contribution is 5.80. The summed E-state index contributed by atoms with van der Waals surface area (Å²) in [5, 5.41) is 20.3. The third-order valence-electron chi connectivity index (χ3n) is 1.86. The molecule has 0 amide bonds. The fraction of sp³-hybridized carbons (Fsp3) is 0.0909. The van der Waals surface area contributed by atoms with E-state index in [9.17, 15) is 4.79 Å². The van der Waals surface area contributed by atoms with Crippen molar-refractivity contribution in [1.82, 2.24) is 0 Å². The zero-order valence-electron chi connectivity index (χ0n) is 7.97. The Balaban J connectivity index is 2.93. The first-order valence-corrected chi connectivity index (χ1v) is 4.30. The molecule has 1 unspecified atom stereocenters. The van der Waals surface area contributed by atoms with Crippen LogP contribution in [0.1, 0.15) is 5.56 Å². The summed E-state index contributed by atoms with van der Waals surface area (Å²) in [6.45, 7) is 3.41. The molecule has 0 aromatic heterocycles. The molecule has 1 rings (SSSR count). The van der Waals surface area contributed by atoms with Gasteiger partial charge in [-0.1, -0.05) is 18.2 Å². The summed E-state index contributed by atoms with van der Waals surface area (Å²) < 4.78 is 0. The predicted molar refractivity (Wildman–Crippen MR) is 56.4 cm³/mol. The SMILES string of the molecule is C=CC(Nc1ccccc1C#N)C(=O)O. The van der Waals surface area contributed by atoms with Crippen LogP contribution in [0, 0.1) is 11.3 Å². The molecule has 1 aromatic carbocycles. The van der Waals surface area contributed by atoms with Gasteiger partial charge in [-0.2, -0.15) is 5.26 Å². The number of anilines is 1. The Morgan fingerprint density at radius 1 is 1.60 bits per heavy atom. The van der Waals surface area contributed by atoms with Gasteiger partial charge < -0.3 is 10.4 Å². The number of carboxylic acid groups (broad SMARTS) is 1. The Bertz CT molecular complexity index is 421. The van der Waals surface area contributed by atoms with E-state index >= 15 is 0 Å². The third-order valence-corrected chi connectivity index (χ3v) is 1.86. The predicted octanol–water partition coefficient (Wildman–Crippen LogP) is 1.61. The van der Waals surface area contributed by atoms with Crippen molar-refractivity contribution >= 4 is 11.7 Å². The first-order valence-electron chi connectivity index (χ1n) is 4.30. The van der Waals surface area contributed by atoms with Gasteiger partial charge in [0.1, 0.15) is 12.1 Å². The average molecular weight is 202 g/mol. The molecule has 4 heteroatoms. The second kappa shape index (κ2) is 4.82. The molecule has 0 spiro atoms. The Kier molecular flexibility index (Phi) is 3.47. The largest absolute Gasteiger partial charge is 0.479 e. The van der Waals surface area contributed by atoms with E-state index in [1.807, 2.05) is 6.07 Å². The summed E-state index contributed by atoms with van der Waals surface area (Å²) in [4.78, 5) is 10.7. The number of nitrogens with zero attached hydrogens (tertiary/aromatic N) is 1. The van der Waals surface area contributed by atoms with E-state index in [-0.39, 0.29) is 0 Å². The summed E-state index contributed by atoms with van der Waals surface area (Å²) >= 11 is 0. The molecule has 0 heterocycles. The van der Waals surface area contributed by atoms with E-state index in [4.69, 9.17) is 10.4 Å². The lowest BCUT2D eigenvalue weighted by molar-refractivity contribution is -0.136. The second-order valence-electron chi connectivity index (χ2n) is 2.85. The quantitative estimate of drug-likeness (QED) is 0.727. The third kappa shape index (κ3) is 2.58. The molecule has 0 radical (unpaired) electrons. The van der Waals surface area contributed by atoms with Crippen LogP contribution >= 0.6 is 0 Å². The van der Waals surface area contributed by atoms with E-state index in [2.05, 4.69) is 11.9 Å². The molecule has 1 aromatic rings. The first kappa shape index (κ1) is 10.8. The van der Waals surface area contributed by atoms with Gasteiger partial charge in [-0.05, 0) is 12.1 Å². The molecule has 0 aliphatic carbocycles. The molecular weight excluding hydrogens is 192 g/mol. The molecule has 2 N–H and O–H groups in total. The Morgan fingerprint density at radius 2 is 2.27 bits per heavy atom. The molecule has 76 valence electrons. The number of hydrogen-bond donors (Lipinski definition) is 2. The van der Waals surface area contributed by atoms with Gasteiger partial charge in [-0.3, -0.25) is 0 Å². The van der Waals surface area contributed by atoms with E-state index in [0.717, 1.165) is 0 Å². The summed E-state index contributed by atoms with van der Waals surface area (Å²) in [5.74, 6) is -1.03. The minimum absolute atomic E-state index is 0.408. The van der Waals surface area contributed by atoms with Crippen molar-refractivity contribution in [2.24, 2.45) is 0 Å². The van der Waals surface area contributed by atoms with Crippen LogP contribution in [0.4, 0.5) is 5.69 Å². The Labute approximate surface area is 87.5 Å². The maximum atomic E-state index is 10.7. The van der Waals surface area contributed by atoms with Crippen LogP contribution in [0.25, 0.3) is 0 Å². The molecular formula is C11H10N2O2. The first-order chi connectivity index (χ1) is 7.19. The van der Waals surface area contributed by atoms with Gasteiger partial charge in [-0.15, -0.1) is 6.58 Å². The van der Waals surface area contributed by atoms with Crippen molar-refractivity contribution in [3.8, 4) is 6.07 Å². The summed E-state index contributed by atoms with van der Waals surface area (Å²) in [6, 6.07) is 7.79. The van der Waals surface area contributed by atoms with Gasteiger partial charge in [0.25, 0.3) is 0 Å². The van der Waals surface area contributed by atoms with E-state index < -0.39 is 12.0 Å². The number of rotatable bonds is 4. The summed E-state index contributed by atoms with van der Waals surface area (Å²) in [5.41, 5.74) is 0.901. The van der Waals surface area contributed by atoms with Crippen LogP contribution < -0.4 is 5.32 Å². The van der Waals surface area contributed by atoms with Crippen molar-refractivity contribution in [2.75, 3.05) is 5.32 Å². The highest BCUT2D eigenvalue weighted by Crippen LogP contribution is 2.14. The van der Waals surface area contributed by atoms with Crippen molar-refractivity contribution in [2.45, 2.75) is 6.04 Å². The number of benzene rings is 1. The van der Waals surface area contributed by atoms with Gasteiger partial charge in [0, 0.05) is 0 Å². The molecule has 0 fully saturated rings. The minimum atomic E-state index is -1.03. The summed E-state index contributed by atoms with van der Waals surface area (Å²) in [7, 11) is 0. The van der Waals surface area contributed by atoms with E-state index in [1.54, 1.807) is 24.3 Å². The van der Waals surface area contributed by atoms with Crippen LogP contribution in [0.15, 0.2) is 36.9 Å². The Hall–Kier alpha value is -2.28. The average Bonchev–Trinajstić information content (AvgIpc) is 2.25. The van der Waals surface area contributed by atoms with E-state index in [1.165, 1.54) is 6.08 Å². The molecule has 15 heavy (non-hydrogen) atoms. The number of hydrogen-bond acceptors (Lipinski definition) is 3. The highest BCUT2D eigenvalue weighted by Gasteiger charge is 2.13. The van der Waals surface area contributed by atoms with Crippen molar-refractivity contribution in [3.63, 3.8) is 0 Å². The number of para-hydroxylation sites is 1. The lowest BCUT2D eigenvalue weighted by Gasteiger charge is -2.12. The number of aliphatic carboxylic acids is 1. The van der Waals surface area contributed by atoms with Crippen LogP contribution in [-0.2, 0) is 4.79 Å². The molecule has 0 saturated carbocycles. The standard InChI is InChI=1S/C11H10N2O2/c1-2-9(11(14)15)13-10-6-4-3-5-8(10)7-12/h2-6,9,13H,1H2,(H,14,15). The van der Waals surface area contributed by atoms with Crippen molar-refractivity contribution in [3.05, 3.63) is 42.5 Å². The molecule has 0 bridgehead atoms. The van der Waals surface area contributed by atoms with Gasteiger partial charge >= 0.3 is 5.97 Å². The number of nitrogens with one attached hydrogen (secondary N) is 1. The maximum Gasteiger partial charge on any atom is 0.330 e. The molecule has 0 aliphatic heterocycles. The van der Waals surface area contributed by atoms with Gasteiger partial charge in [0.15, 0.2) is 0 Å². The lowest BCUT2D eigenvalue weighted by Crippen LogP contribution is -2.26. The molecule has 0 aliphatic rings. The van der Waals surface area contributed by atoms with Crippen LogP contribution in [0.2, 0.25) is 0 Å². The molecule has 0 saturated heterocycles. The lowest BCUT2D eigenvalue weighted by atomic mass is 10.1. The van der Waals surface area contributed by atoms with E-state index in [0.29, 0.717) is 11.3 Å². The molecule has 4 nitrogen and oxygen atoms in total. The second-order valence-corrected chi connectivity index (χ2v) is 2.85. The normalized spacial score (nSPS) is 11.1. The highest BCUT2D eigenvalue weighted by atomic mass is 16.4. The number of carbonyl (C=O) groups is 1. The molecule has 1 atom stereocenters.